The van der Waals surface area contributed by atoms with E-state index in [4.69, 9.17) is 17.3 Å². The fourth-order valence-corrected chi connectivity index (χ4v) is 2.56. The lowest BCUT2D eigenvalue weighted by Gasteiger charge is -2.08. The van der Waals surface area contributed by atoms with Crippen LogP contribution in [0.1, 0.15) is 11.4 Å². The molecular weight excluding hydrogens is 254 g/mol. The molecule has 0 amide bonds. The Labute approximate surface area is 109 Å². The quantitative estimate of drug-likeness (QED) is 0.845. The average molecular weight is 266 g/mol. The first-order chi connectivity index (χ1) is 8.08. The van der Waals surface area contributed by atoms with Crippen LogP contribution in [-0.2, 0) is 0 Å². The molecule has 5 heteroatoms. The monoisotopic (exact) mass is 265 g/mol. The fraction of sp³-hybridized carbons (Fsp3) is 0.167. The minimum atomic E-state index is 0.520. The highest BCUT2D eigenvalue weighted by Crippen LogP contribution is 2.34. The molecule has 0 unspecified atom stereocenters. The average Bonchev–Trinajstić information content (AvgIpc) is 2.28. The van der Waals surface area contributed by atoms with Crippen molar-refractivity contribution in [2.24, 2.45) is 0 Å². The van der Waals surface area contributed by atoms with Gasteiger partial charge in [0.15, 0.2) is 0 Å². The van der Waals surface area contributed by atoms with Crippen LogP contribution in [0.2, 0.25) is 5.02 Å². The molecule has 2 aromatic rings. The van der Waals surface area contributed by atoms with Crippen molar-refractivity contribution in [3.8, 4) is 0 Å². The highest BCUT2D eigenvalue weighted by molar-refractivity contribution is 7.99. The Balaban J connectivity index is 2.40. The Morgan fingerprint density at radius 3 is 2.59 bits per heavy atom. The molecule has 1 aromatic carbocycles. The van der Waals surface area contributed by atoms with E-state index in [0.717, 1.165) is 15.5 Å². The van der Waals surface area contributed by atoms with Gasteiger partial charge in [0, 0.05) is 10.5 Å². The minimum absolute atomic E-state index is 0.520. The highest BCUT2D eigenvalue weighted by atomic mass is 35.5. The normalized spacial score (nSPS) is 10.5. The maximum atomic E-state index is 6.11. The van der Waals surface area contributed by atoms with Gasteiger partial charge in [0.2, 0.25) is 0 Å². The first-order valence-corrected chi connectivity index (χ1v) is 6.30. The van der Waals surface area contributed by atoms with Crippen LogP contribution in [0.4, 0.5) is 5.82 Å². The van der Waals surface area contributed by atoms with Gasteiger partial charge in [0.1, 0.15) is 16.7 Å². The van der Waals surface area contributed by atoms with Crippen LogP contribution >= 0.6 is 23.4 Å². The number of hydrogen-bond donors (Lipinski definition) is 1. The van der Waals surface area contributed by atoms with E-state index in [1.807, 2.05) is 38.1 Å². The van der Waals surface area contributed by atoms with Crippen molar-refractivity contribution >= 4 is 29.2 Å². The highest BCUT2D eigenvalue weighted by Gasteiger charge is 2.09. The van der Waals surface area contributed by atoms with Crippen LogP contribution in [0.3, 0.4) is 0 Å². The molecule has 0 saturated carbocycles. The molecule has 1 aromatic heterocycles. The summed E-state index contributed by atoms with van der Waals surface area (Å²) < 4.78 is 0. The summed E-state index contributed by atoms with van der Waals surface area (Å²) in [7, 11) is 0. The van der Waals surface area contributed by atoms with Gasteiger partial charge in [-0.2, -0.15) is 0 Å². The molecule has 0 radical (unpaired) electrons. The largest absolute Gasteiger partial charge is 0.383 e. The summed E-state index contributed by atoms with van der Waals surface area (Å²) in [4.78, 5) is 9.47. The van der Waals surface area contributed by atoms with Crippen molar-refractivity contribution in [2.75, 3.05) is 5.73 Å². The molecule has 0 bridgehead atoms. The zero-order valence-electron chi connectivity index (χ0n) is 9.57. The van der Waals surface area contributed by atoms with Gasteiger partial charge in [-0.25, -0.2) is 9.97 Å². The molecule has 2 N–H and O–H groups in total. The number of hydrogen-bond acceptors (Lipinski definition) is 4. The standard InChI is InChI=1S/C12H12ClN3S/c1-7-11(14)15-8(2)16-12(7)17-10-6-4-3-5-9(10)13/h3-6H,1-2H3,(H2,14,15,16). The molecule has 3 nitrogen and oxygen atoms in total. The van der Waals surface area contributed by atoms with Crippen LogP contribution in [0.15, 0.2) is 34.2 Å². The summed E-state index contributed by atoms with van der Waals surface area (Å²) in [6, 6.07) is 7.66. The van der Waals surface area contributed by atoms with Crippen molar-refractivity contribution in [3.05, 3.63) is 40.7 Å². The second-order valence-corrected chi connectivity index (χ2v) is 5.06. The van der Waals surface area contributed by atoms with Gasteiger partial charge in [0.25, 0.3) is 0 Å². The van der Waals surface area contributed by atoms with Crippen LogP contribution in [-0.4, -0.2) is 9.97 Å². The Morgan fingerprint density at radius 2 is 1.88 bits per heavy atom. The SMILES string of the molecule is Cc1nc(N)c(C)c(Sc2ccccc2Cl)n1. The van der Waals surface area contributed by atoms with E-state index >= 15 is 0 Å². The number of anilines is 1. The molecule has 0 saturated heterocycles. The number of benzene rings is 1. The Kier molecular flexibility index (Phi) is 3.54. The first-order valence-electron chi connectivity index (χ1n) is 5.11. The molecule has 0 fully saturated rings. The number of aryl methyl sites for hydroxylation is 1. The predicted molar refractivity (Wildman–Crippen MR) is 71.5 cm³/mol. The van der Waals surface area contributed by atoms with Gasteiger partial charge in [-0.05, 0) is 26.0 Å². The molecule has 88 valence electrons. The molecule has 0 aliphatic carbocycles. The van der Waals surface area contributed by atoms with Gasteiger partial charge >= 0.3 is 0 Å². The number of aromatic nitrogens is 2. The van der Waals surface area contributed by atoms with Crippen LogP contribution in [0.25, 0.3) is 0 Å². The van der Waals surface area contributed by atoms with Gasteiger partial charge < -0.3 is 5.73 Å². The molecule has 1 heterocycles. The zero-order valence-corrected chi connectivity index (χ0v) is 11.1. The van der Waals surface area contributed by atoms with E-state index in [-0.39, 0.29) is 0 Å². The first kappa shape index (κ1) is 12.2. The lowest BCUT2D eigenvalue weighted by Crippen LogP contribution is -2.01. The second kappa shape index (κ2) is 4.94. The summed E-state index contributed by atoms with van der Waals surface area (Å²) >= 11 is 7.62. The van der Waals surface area contributed by atoms with Crippen LogP contribution in [0, 0.1) is 13.8 Å². The fourth-order valence-electron chi connectivity index (χ4n) is 1.35. The summed E-state index contributed by atoms with van der Waals surface area (Å²) in [5, 5.41) is 1.56. The minimum Gasteiger partial charge on any atom is -0.383 e. The van der Waals surface area contributed by atoms with E-state index in [0.29, 0.717) is 16.7 Å². The zero-order chi connectivity index (χ0) is 12.4. The topological polar surface area (TPSA) is 51.8 Å². The maximum Gasteiger partial charge on any atom is 0.131 e. The third-order valence-corrected chi connectivity index (χ3v) is 3.90. The van der Waals surface area contributed by atoms with Crippen LogP contribution in [0.5, 0.6) is 0 Å². The van der Waals surface area contributed by atoms with Gasteiger partial charge in [-0.15, -0.1) is 0 Å². The lowest BCUT2D eigenvalue weighted by atomic mass is 10.3. The summed E-state index contributed by atoms with van der Waals surface area (Å²) in [5.41, 5.74) is 6.71. The number of halogens is 1. The Bertz CT molecular complexity index is 557. The molecular formula is C12H12ClN3S. The Morgan fingerprint density at radius 1 is 1.18 bits per heavy atom. The number of nitrogens with two attached hydrogens (primary N) is 1. The van der Waals surface area contributed by atoms with E-state index in [9.17, 15) is 0 Å². The molecule has 17 heavy (non-hydrogen) atoms. The van der Waals surface area contributed by atoms with E-state index < -0.39 is 0 Å². The molecule has 0 spiro atoms. The van der Waals surface area contributed by atoms with Crippen molar-refractivity contribution in [2.45, 2.75) is 23.8 Å². The molecule has 0 atom stereocenters. The van der Waals surface area contributed by atoms with Crippen molar-refractivity contribution < 1.29 is 0 Å². The summed E-state index contributed by atoms with van der Waals surface area (Å²) in [5.74, 6) is 1.19. The Hall–Kier alpha value is -1.26. The van der Waals surface area contributed by atoms with E-state index in [1.54, 1.807) is 0 Å². The second-order valence-electron chi connectivity index (χ2n) is 3.62. The number of nitrogens with zero attached hydrogens (tertiary/aromatic N) is 2. The smallest absolute Gasteiger partial charge is 0.131 e. The van der Waals surface area contributed by atoms with Crippen molar-refractivity contribution in [1.29, 1.82) is 0 Å². The van der Waals surface area contributed by atoms with E-state index in [2.05, 4.69) is 9.97 Å². The van der Waals surface area contributed by atoms with E-state index in [1.165, 1.54) is 11.8 Å². The van der Waals surface area contributed by atoms with Crippen molar-refractivity contribution in [3.63, 3.8) is 0 Å². The predicted octanol–water partition coefficient (Wildman–Crippen LogP) is 3.48. The molecule has 0 aliphatic rings. The van der Waals surface area contributed by atoms with Gasteiger partial charge in [0.05, 0.1) is 5.02 Å². The summed E-state index contributed by atoms with van der Waals surface area (Å²) in [6.45, 7) is 3.74. The molecule has 2 rings (SSSR count). The third-order valence-electron chi connectivity index (χ3n) is 2.29. The number of nitrogen functional groups attached to an aromatic ring is 1. The van der Waals surface area contributed by atoms with Crippen molar-refractivity contribution in [1.82, 2.24) is 9.97 Å². The van der Waals surface area contributed by atoms with Crippen LogP contribution < -0.4 is 5.73 Å². The molecule has 0 aliphatic heterocycles. The van der Waals surface area contributed by atoms with Gasteiger partial charge in [-0.1, -0.05) is 35.5 Å². The third kappa shape index (κ3) is 2.70. The summed E-state index contributed by atoms with van der Waals surface area (Å²) in [6.07, 6.45) is 0. The van der Waals surface area contributed by atoms with Gasteiger partial charge in [-0.3, -0.25) is 0 Å². The number of rotatable bonds is 2. The lowest BCUT2D eigenvalue weighted by molar-refractivity contribution is 0.947. The maximum absolute atomic E-state index is 6.11.